The summed E-state index contributed by atoms with van der Waals surface area (Å²) in [6, 6.07) is 3.98. The van der Waals surface area contributed by atoms with Crippen LogP contribution in [0.25, 0.3) is 0 Å². The number of nitrogens with zero attached hydrogens (tertiary/aromatic N) is 3. The number of hydrogen-bond acceptors (Lipinski definition) is 5. The van der Waals surface area contributed by atoms with Crippen LogP contribution >= 0.6 is 34.7 Å². The Morgan fingerprint density at radius 2 is 2.41 bits per heavy atom. The molecule has 0 bridgehead atoms. The molecule has 0 fully saturated rings. The van der Waals surface area contributed by atoms with Gasteiger partial charge in [-0.15, -0.1) is 21.5 Å². The minimum absolute atomic E-state index is 0.843. The predicted molar refractivity (Wildman–Crippen MR) is 72.8 cm³/mol. The summed E-state index contributed by atoms with van der Waals surface area (Å²) < 4.78 is 2.76. The van der Waals surface area contributed by atoms with E-state index in [9.17, 15) is 0 Å². The van der Waals surface area contributed by atoms with Gasteiger partial charge in [-0.2, -0.15) is 0 Å². The molecule has 0 saturated carbocycles. The zero-order valence-electron chi connectivity index (χ0n) is 9.39. The maximum atomic E-state index is 5.85. The van der Waals surface area contributed by atoms with Crippen molar-refractivity contribution in [3.63, 3.8) is 0 Å². The third kappa shape index (κ3) is 3.99. The molecular weight excluding hydrogens is 276 g/mol. The topological polar surface area (TPSA) is 42.7 Å². The van der Waals surface area contributed by atoms with Crippen LogP contribution in [0.15, 0.2) is 23.6 Å². The summed E-state index contributed by atoms with van der Waals surface area (Å²) in [4.78, 5) is 1.26. The lowest BCUT2D eigenvalue weighted by molar-refractivity contribution is 0.736. The van der Waals surface area contributed by atoms with E-state index >= 15 is 0 Å². The summed E-state index contributed by atoms with van der Waals surface area (Å²) in [6.07, 6.45) is 1.71. The van der Waals surface area contributed by atoms with Gasteiger partial charge < -0.3 is 9.88 Å². The van der Waals surface area contributed by atoms with Crippen LogP contribution in [0.5, 0.6) is 0 Å². The molecule has 4 nitrogen and oxygen atoms in total. The normalized spacial score (nSPS) is 10.9. The zero-order chi connectivity index (χ0) is 12.1. The minimum atomic E-state index is 0.843. The molecular formula is C10H13ClN4S2. The van der Waals surface area contributed by atoms with Crippen LogP contribution in [0.3, 0.4) is 0 Å². The maximum Gasteiger partial charge on any atom is 0.190 e. The standard InChI is InChI=1S/C10H13ClN4S2/c1-15-7-13-14-10(15)16-5-4-12-6-8-2-3-9(11)17-8/h2-3,7,12H,4-6H2,1H3. The van der Waals surface area contributed by atoms with Gasteiger partial charge in [-0.3, -0.25) is 0 Å². The van der Waals surface area contributed by atoms with Gasteiger partial charge in [0.25, 0.3) is 0 Å². The summed E-state index contributed by atoms with van der Waals surface area (Å²) in [5.41, 5.74) is 0. The van der Waals surface area contributed by atoms with Crippen molar-refractivity contribution in [3.05, 3.63) is 27.7 Å². The summed E-state index contributed by atoms with van der Waals surface area (Å²) >= 11 is 9.17. The maximum absolute atomic E-state index is 5.85. The molecule has 0 aromatic carbocycles. The van der Waals surface area contributed by atoms with E-state index in [1.54, 1.807) is 29.4 Å². The Hall–Kier alpha value is -0.560. The summed E-state index contributed by atoms with van der Waals surface area (Å²) in [7, 11) is 1.95. The van der Waals surface area contributed by atoms with Crippen molar-refractivity contribution in [3.8, 4) is 0 Å². The zero-order valence-corrected chi connectivity index (χ0v) is 11.8. The van der Waals surface area contributed by atoms with Crippen LogP contribution in [0.4, 0.5) is 0 Å². The fourth-order valence-corrected chi connectivity index (χ4v) is 3.12. The Labute approximate surface area is 113 Å². The molecule has 0 amide bonds. The van der Waals surface area contributed by atoms with Crippen LogP contribution in [0.2, 0.25) is 4.34 Å². The van der Waals surface area contributed by atoms with Gasteiger partial charge in [-0.1, -0.05) is 23.4 Å². The number of hydrogen-bond donors (Lipinski definition) is 1. The molecule has 0 radical (unpaired) electrons. The lowest BCUT2D eigenvalue weighted by Gasteiger charge is -2.02. The van der Waals surface area contributed by atoms with Gasteiger partial charge in [0.2, 0.25) is 0 Å². The molecule has 0 saturated heterocycles. The van der Waals surface area contributed by atoms with Crippen molar-refractivity contribution in [2.24, 2.45) is 7.05 Å². The predicted octanol–water partition coefficient (Wildman–Crippen LogP) is 2.41. The van der Waals surface area contributed by atoms with Gasteiger partial charge in [-0.05, 0) is 12.1 Å². The Balaban J connectivity index is 1.62. The third-order valence-corrected chi connectivity index (χ3v) is 4.38. The van der Waals surface area contributed by atoms with Crippen molar-refractivity contribution in [1.29, 1.82) is 0 Å². The molecule has 0 spiro atoms. The average Bonchev–Trinajstić information content (AvgIpc) is 2.88. The van der Waals surface area contributed by atoms with Crippen molar-refractivity contribution in [2.45, 2.75) is 11.7 Å². The van der Waals surface area contributed by atoms with E-state index in [-0.39, 0.29) is 0 Å². The number of rotatable bonds is 6. The smallest absolute Gasteiger partial charge is 0.190 e. The highest BCUT2D eigenvalue weighted by atomic mass is 35.5. The number of aryl methyl sites for hydroxylation is 1. The molecule has 0 aliphatic rings. The fourth-order valence-electron chi connectivity index (χ4n) is 1.28. The Kier molecular flexibility index (Phi) is 4.85. The van der Waals surface area contributed by atoms with Crippen molar-refractivity contribution >= 4 is 34.7 Å². The number of thiophene rings is 1. The molecule has 0 unspecified atom stereocenters. The molecule has 1 N–H and O–H groups in total. The highest BCUT2D eigenvalue weighted by Crippen LogP contribution is 2.21. The van der Waals surface area contributed by atoms with Gasteiger partial charge in [0.15, 0.2) is 5.16 Å². The number of aromatic nitrogens is 3. The van der Waals surface area contributed by atoms with Gasteiger partial charge in [0.05, 0.1) is 4.34 Å². The second kappa shape index (κ2) is 6.39. The lowest BCUT2D eigenvalue weighted by atomic mass is 10.4. The minimum Gasteiger partial charge on any atom is -0.312 e. The number of thioether (sulfide) groups is 1. The van der Waals surface area contributed by atoms with Crippen LogP contribution in [-0.2, 0) is 13.6 Å². The van der Waals surface area contributed by atoms with E-state index in [1.165, 1.54) is 4.88 Å². The van der Waals surface area contributed by atoms with Gasteiger partial charge >= 0.3 is 0 Å². The summed E-state index contributed by atoms with van der Waals surface area (Å²) in [5, 5.41) is 12.2. The number of nitrogens with one attached hydrogen (secondary N) is 1. The van der Waals surface area contributed by atoms with E-state index in [0.717, 1.165) is 28.3 Å². The Morgan fingerprint density at radius 1 is 1.53 bits per heavy atom. The lowest BCUT2D eigenvalue weighted by Crippen LogP contribution is -2.15. The van der Waals surface area contributed by atoms with Crippen LogP contribution in [-0.4, -0.2) is 27.1 Å². The van der Waals surface area contributed by atoms with E-state index in [0.29, 0.717) is 0 Å². The van der Waals surface area contributed by atoms with Crippen LogP contribution in [0, 0.1) is 0 Å². The SMILES string of the molecule is Cn1cnnc1SCCNCc1ccc(Cl)s1. The van der Waals surface area contributed by atoms with Gasteiger partial charge in [-0.25, -0.2) is 0 Å². The van der Waals surface area contributed by atoms with E-state index < -0.39 is 0 Å². The van der Waals surface area contributed by atoms with Crippen molar-refractivity contribution in [1.82, 2.24) is 20.1 Å². The molecule has 0 atom stereocenters. The first kappa shape index (κ1) is 12.9. The molecule has 0 aliphatic carbocycles. The van der Waals surface area contributed by atoms with Crippen molar-refractivity contribution < 1.29 is 0 Å². The van der Waals surface area contributed by atoms with Crippen LogP contribution < -0.4 is 5.32 Å². The van der Waals surface area contributed by atoms with Gasteiger partial charge in [0.1, 0.15) is 6.33 Å². The highest BCUT2D eigenvalue weighted by Gasteiger charge is 2.01. The van der Waals surface area contributed by atoms with E-state index in [4.69, 9.17) is 11.6 Å². The quantitative estimate of drug-likeness (QED) is 0.655. The first-order valence-electron chi connectivity index (χ1n) is 5.17. The largest absolute Gasteiger partial charge is 0.312 e. The summed E-state index contributed by atoms with van der Waals surface area (Å²) in [6.45, 7) is 1.81. The fraction of sp³-hybridized carbons (Fsp3) is 0.400. The monoisotopic (exact) mass is 288 g/mol. The molecule has 0 aliphatic heterocycles. The Morgan fingerprint density at radius 3 is 3.06 bits per heavy atom. The van der Waals surface area contributed by atoms with Crippen molar-refractivity contribution in [2.75, 3.05) is 12.3 Å². The first-order chi connectivity index (χ1) is 8.25. The summed E-state index contributed by atoms with van der Waals surface area (Å²) in [5.74, 6) is 0.978. The number of halogens is 1. The van der Waals surface area contributed by atoms with Gasteiger partial charge in [0, 0.05) is 30.8 Å². The molecule has 7 heteroatoms. The second-order valence-electron chi connectivity index (χ2n) is 3.46. The van der Waals surface area contributed by atoms with E-state index in [2.05, 4.69) is 21.6 Å². The average molecular weight is 289 g/mol. The highest BCUT2D eigenvalue weighted by molar-refractivity contribution is 7.99. The van der Waals surface area contributed by atoms with E-state index in [1.807, 2.05) is 17.7 Å². The molecule has 2 heterocycles. The Bertz CT molecular complexity index is 468. The second-order valence-corrected chi connectivity index (χ2v) is 6.32. The molecule has 2 rings (SSSR count). The van der Waals surface area contributed by atoms with Crippen LogP contribution in [0.1, 0.15) is 4.88 Å². The molecule has 2 aromatic rings. The third-order valence-electron chi connectivity index (χ3n) is 2.11. The first-order valence-corrected chi connectivity index (χ1v) is 7.35. The molecule has 92 valence electrons. The molecule has 17 heavy (non-hydrogen) atoms. The molecule has 2 aromatic heterocycles.